The molecule has 0 aliphatic heterocycles. The van der Waals surface area contributed by atoms with Crippen LogP contribution >= 0.6 is 16.0 Å². The summed E-state index contributed by atoms with van der Waals surface area (Å²) in [5, 5.41) is 2.91. The number of nitrogens with zero attached hydrogens (tertiary/aromatic N) is 1. The Balaban J connectivity index is 0.000000584. The molecule has 0 saturated heterocycles. The van der Waals surface area contributed by atoms with Crippen molar-refractivity contribution in [1.82, 2.24) is 4.67 Å². The molecule has 4 heteroatoms. The second kappa shape index (κ2) is 17.9. The van der Waals surface area contributed by atoms with Crippen LogP contribution in [0.5, 0.6) is 0 Å². The fourth-order valence-electron chi connectivity index (χ4n) is 6.79. The van der Waals surface area contributed by atoms with E-state index >= 15 is 0 Å². The summed E-state index contributed by atoms with van der Waals surface area (Å²) in [5.74, 6) is 1.56. The summed E-state index contributed by atoms with van der Waals surface area (Å²) in [4.78, 5) is 0. The molecule has 41 heavy (non-hydrogen) atoms. The van der Waals surface area contributed by atoms with Crippen LogP contribution in [0.4, 0.5) is 0 Å². The third kappa shape index (κ3) is 9.15. The molecular formula is C37H47FeNP2+2. The van der Waals surface area contributed by atoms with Gasteiger partial charge in [0.1, 0.15) is 0 Å². The third-order valence-electron chi connectivity index (χ3n) is 8.92. The molecule has 0 amide bonds. The van der Waals surface area contributed by atoms with Crippen LogP contribution in [0.3, 0.4) is 0 Å². The average Bonchev–Trinajstić information content (AvgIpc) is 3.76. The van der Waals surface area contributed by atoms with Crippen molar-refractivity contribution in [3.05, 3.63) is 124 Å². The molecule has 0 unspecified atom stereocenters. The van der Waals surface area contributed by atoms with Crippen molar-refractivity contribution in [3.63, 3.8) is 0 Å². The Labute approximate surface area is 266 Å². The molecule has 0 N–H and O–H groups in total. The Bertz CT molecular complexity index is 890. The smallest absolute Gasteiger partial charge is 0.281 e. The van der Waals surface area contributed by atoms with Gasteiger partial charge in [-0.05, 0) is 129 Å². The third-order valence-corrected chi connectivity index (χ3v) is 15.0. The van der Waals surface area contributed by atoms with E-state index in [2.05, 4.69) is 98.6 Å². The Hall–Kier alpha value is -0.221. The molecule has 4 aliphatic rings. The topological polar surface area (TPSA) is 3.24 Å². The van der Waals surface area contributed by atoms with Gasteiger partial charge < -0.3 is 0 Å². The fraction of sp³-hybridized carbons (Fsp3) is 0.405. The van der Waals surface area contributed by atoms with E-state index in [-0.39, 0.29) is 25.1 Å². The standard InChI is InChI=1S/C32H42NP2.C5H5.Fe/c1-26(33(2)35(29-20-11-5-12-21-29)30-22-13-6-14-23-30)31-24-15-25-32(31)34(27-16-7-3-8-17-27)28-18-9-4-10-19-28;1-2-4-5-3-1;/h3-4,7-10,15-19,24-26,29-30H,5-6,11-14,20-23H2,1-2H3;1-5H;/q;;+2/t26-;;/m1../s1. The maximum absolute atomic E-state index is 2.89. The number of hydrogen-bond acceptors (Lipinski definition) is 1. The minimum absolute atomic E-state index is 0. The number of rotatable bonds is 8. The van der Waals surface area contributed by atoms with Crippen molar-refractivity contribution >= 4 is 26.6 Å². The van der Waals surface area contributed by atoms with Crippen molar-refractivity contribution in [1.29, 1.82) is 0 Å². The molecule has 0 heterocycles. The van der Waals surface area contributed by atoms with Gasteiger partial charge in [0.05, 0.1) is 0 Å². The molecule has 1 atom stereocenters. The summed E-state index contributed by atoms with van der Waals surface area (Å²) in [6, 6.07) is 22.9. The van der Waals surface area contributed by atoms with E-state index in [1.165, 1.54) is 74.8 Å². The average molecular weight is 624 g/mol. The van der Waals surface area contributed by atoms with Gasteiger partial charge in [-0.15, -0.1) is 0 Å². The number of benzene rings is 2. The molecule has 4 aliphatic carbocycles. The van der Waals surface area contributed by atoms with E-state index in [1.54, 1.807) is 11.6 Å². The molecule has 1 nitrogen and oxygen atoms in total. The molecular weight excluding hydrogens is 576 g/mol. The van der Waals surface area contributed by atoms with Gasteiger partial charge >= 0.3 is 17.1 Å². The summed E-state index contributed by atoms with van der Waals surface area (Å²) in [7, 11) is 1.83. The first-order valence-electron chi connectivity index (χ1n) is 15.6. The summed E-state index contributed by atoms with van der Waals surface area (Å²) < 4.78 is 2.89. The molecule has 216 valence electrons. The van der Waals surface area contributed by atoms with Gasteiger partial charge in [0.2, 0.25) is 0 Å². The van der Waals surface area contributed by atoms with Gasteiger partial charge in [-0.1, -0.05) is 99.2 Å². The van der Waals surface area contributed by atoms with Crippen molar-refractivity contribution in [2.45, 2.75) is 88.5 Å². The maximum atomic E-state index is 2.89. The van der Waals surface area contributed by atoms with Crippen LogP contribution in [-0.2, 0) is 17.1 Å². The van der Waals surface area contributed by atoms with Crippen LogP contribution in [-0.4, -0.2) is 29.1 Å². The van der Waals surface area contributed by atoms with Crippen molar-refractivity contribution < 1.29 is 17.1 Å². The molecule has 0 spiro atoms. The van der Waals surface area contributed by atoms with Crippen LogP contribution < -0.4 is 10.6 Å². The summed E-state index contributed by atoms with van der Waals surface area (Å²) in [6.07, 6.45) is 31.8. The summed E-state index contributed by atoms with van der Waals surface area (Å²) >= 11 is 0. The Morgan fingerprint density at radius 2 is 1.05 bits per heavy atom. The zero-order valence-electron chi connectivity index (χ0n) is 24.9. The molecule has 10 radical (unpaired) electrons. The Kier molecular flexibility index (Phi) is 14.7. The monoisotopic (exact) mass is 623 g/mol. The van der Waals surface area contributed by atoms with Gasteiger partial charge in [-0.3, -0.25) is 4.67 Å². The van der Waals surface area contributed by atoms with Gasteiger partial charge in [-0.2, -0.15) is 0 Å². The minimum Gasteiger partial charge on any atom is -0.281 e. The van der Waals surface area contributed by atoms with Gasteiger partial charge in [0.15, 0.2) is 0 Å². The zero-order chi connectivity index (χ0) is 27.6. The molecule has 0 bridgehead atoms. The van der Waals surface area contributed by atoms with E-state index in [0.717, 1.165) is 11.3 Å². The second-order valence-corrected chi connectivity index (χ2v) is 16.6. The number of hydrogen-bond donors (Lipinski definition) is 0. The van der Waals surface area contributed by atoms with E-state index in [4.69, 9.17) is 0 Å². The second-order valence-electron chi connectivity index (χ2n) is 11.5. The van der Waals surface area contributed by atoms with Crippen LogP contribution in [0.2, 0.25) is 0 Å². The normalized spacial score (nSPS) is 22.1. The van der Waals surface area contributed by atoms with Gasteiger partial charge in [-0.25, -0.2) is 0 Å². The summed E-state index contributed by atoms with van der Waals surface area (Å²) in [6.45, 7) is 2.50. The first kappa shape index (κ1) is 33.7. The van der Waals surface area contributed by atoms with Gasteiger partial charge in [0, 0.05) is 17.6 Å². The molecule has 0 aromatic heterocycles. The quantitative estimate of drug-likeness (QED) is 0.209. The minimum atomic E-state index is -0.555. The first-order chi connectivity index (χ1) is 19.7. The van der Waals surface area contributed by atoms with Gasteiger partial charge in [0.25, 0.3) is 0 Å². The predicted octanol–water partition coefficient (Wildman–Crippen LogP) is 9.25. The Morgan fingerprint density at radius 1 is 0.610 bits per heavy atom. The molecule has 6 rings (SSSR count). The van der Waals surface area contributed by atoms with E-state index in [0.29, 0.717) is 6.04 Å². The van der Waals surface area contributed by atoms with Crippen LogP contribution in [0.25, 0.3) is 0 Å². The van der Waals surface area contributed by atoms with E-state index in [1.807, 2.05) is 32.1 Å². The molecule has 2 aromatic rings. The predicted molar refractivity (Wildman–Crippen MR) is 178 cm³/mol. The molecule has 4 fully saturated rings. The maximum Gasteiger partial charge on any atom is 2.00 e. The van der Waals surface area contributed by atoms with Crippen LogP contribution in [0.15, 0.2) is 60.7 Å². The molecule has 4 saturated carbocycles. The summed E-state index contributed by atoms with van der Waals surface area (Å²) in [5.41, 5.74) is 3.44. The van der Waals surface area contributed by atoms with Crippen LogP contribution in [0, 0.1) is 62.9 Å². The zero-order valence-corrected chi connectivity index (χ0v) is 27.8. The van der Waals surface area contributed by atoms with Crippen molar-refractivity contribution in [2.75, 3.05) is 7.05 Å². The Morgan fingerprint density at radius 3 is 1.49 bits per heavy atom. The van der Waals surface area contributed by atoms with Crippen molar-refractivity contribution in [3.8, 4) is 0 Å². The molecule has 2 aromatic carbocycles. The van der Waals surface area contributed by atoms with E-state index in [9.17, 15) is 0 Å². The largest absolute Gasteiger partial charge is 2.00 e. The van der Waals surface area contributed by atoms with Crippen LogP contribution in [0.1, 0.15) is 71.1 Å². The fourth-order valence-corrected chi connectivity index (χ4v) is 13.3. The SMILES string of the molecule is C[C@H]([C]1[CH][CH][CH][C]1P(c1ccccc1)c1ccccc1)N(C)P(C1CCCCC1)C1CCCCC1.[CH]1[CH][CH][CH][CH]1.[Fe+2]. The first-order valence-corrected chi connectivity index (χ1v) is 18.3. The van der Waals surface area contributed by atoms with Crippen molar-refractivity contribution in [2.24, 2.45) is 0 Å². The van der Waals surface area contributed by atoms with E-state index < -0.39 is 7.92 Å².